The Morgan fingerprint density at radius 3 is 1.82 bits per heavy atom. The van der Waals surface area contributed by atoms with Gasteiger partial charge in [-0.15, -0.1) is 0 Å². The van der Waals surface area contributed by atoms with Crippen LogP contribution in [0.15, 0.2) is 0 Å². The van der Waals surface area contributed by atoms with Crippen molar-refractivity contribution in [1.82, 2.24) is 5.32 Å². The number of nitrogens with one attached hydrogen (secondary N) is 1. The Labute approximate surface area is 64.0 Å². The second-order valence-corrected chi connectivity index (χ2v) is 2.23. The van der Waals surface area contributed by atoms with Crippen molar-refractivity contribution in [2.45, 2.75) is 13.0 Å². The molecule has 11 heavy (non-hydrogen) atoms. The van der Waals surface area contributed by atoms with E-state index in [0.717, 1.165) is 0 Å². The number of hydrogen-bond donors (Lipinski definition) is 3. The second-order valence-electron chi connectivity index (χ2n) is 2.23. The van der Waals surface area contributed by atoms with E-state index in [-0.39, 0.29) is 0 Å². The fraction of sp³-hybridized carbons (Fsp3) is 0.667. The molecule has 5 heteroatoms. The van der Waals surface area contributed by atoms with Crippen molar-refractivity contribution in [3.63, 3.8) is 0 Å². The van der Waals surface area contributed by atoms with Gasteiger partial charge in [-0.05, 0) is 14.0 Å². The Balaban J connectivity index is 4.25. The van der Waals surface area contributed by atoms with Crippen LogP contribution in [0.4, 0.5) is 0 Å². The SMILES string of the molecule is CN[C@@H](C(=O)O)[C@@H](C)C(=O)O. The number of hydrogen-bond acceptors (Lipinski definition) is 3. The Hall–Kier alpha value is -1.10. The molecular weight excluding hydrogens is 150 g/mol. The van der Waals surface area contributed by atoms with Gasteiger partial charge in [0.2, 0.25) is 0 Å². The third-order valence-electron chi connectivity index (χ3n) is 1.47. The Bertz CT molecular complexity index is 168. The molecule has 0 aromatic carbocycles. The molecule has 0 amide bonds. The number of carboxylic acids is 2. The first-order valence-corrected chi connectivity index (χ1v) is 3.13. The van der Waals surface area contributed by atoms with Crippen LogP contribution in [-0.2, 0) is 9.59 Å². The Morgan fingerprint density at radius 2 is 1.73 bits per heavy atom. The van der Waals surface area contributed by atoms with Gasteiger partial charge in [-0.3, -0.25) is 9.59 Å². The summed E-state index contributed by atoms with van der Waals surface area (Å²) in [7, 11) is 1.41. The van der Waals surface area contributed by atoms with Gasteiger partial charge in [-0.2, -0.15) is 0 Å². The van der Waals surface area contributed by atoms with E-state index in [2.05, 4.69) is 5.32 Å². The average Bonchev–Trinajstić information content (AvgIpc) is 1.88. The molecule has 0 aromatic rings. The molecule has 0 aromatic heterocycles. The van der Waals surface area contributed by atoms with E-state index in [9.17, 15) is 9.59 Å². The van der Waals surface area contributed by atoms with E-state index in [1.165, 1.54) is 14.0 Å². The first kappa shape index (κ1) is 9.90. The van der Waals surface area contributed by atoms with Crippen molar-refractivity contribution < 1.29 is 19.8 Å². The number of carbonyl (C=O) groups is 2. The average molecular weight is 161 g/mol. The van der Waals surface area contributed by atoms with E-state index < -0.39 is 23.9 Å². The molecule has 0 bridgehead atoms. The maximum Gasteiger partial charge on any atom is 0.321 e. The summed E-state index contributed by atoms with van der Waals surface area (Å²) in [5.74, 6) is -3.19. The molecule has 0 fully saturated rings. The van der Waals surface area contributed by atoms with Gasteiger partial charge in [-0.1, -0.05) is 0 Å². The molecule has 3 N–H and O–H groups in total. The zero-order valence-corrected chi connectivity index (χ0v) is 6.37. The van der Waals surface area contributed by atoms with Crippen LogP contribution in [0.3, 0.4) is 0 Å². The highest BCUT2D eigenvalue weighted by atomic mass is 16.4. The molecule has 0 aliphatic heterocycles. The lowest BCUT2D eigenvalue weighted by Gasteiger charge is -2.14. The summed E-state index contributed by atoms with van der Waals surface area (Å²) in [6.45, 7) is 1.34. The molecule has 0 aliphatic rings. The lowest BCUT2D eigenvalue weighted by Crippen LogP contribution is -2.42. The van der Waals surface area contributed by atoms with Crippen LogP contribution in [0.5, 0.6) is 0 Å². The molecule has 0 unspecified atom stereocenters. The monoisotopic (exact) mass is 161 g/mol. The molecule has 0 aliphatic carbocycles. The molecule has 0 heterocycles. The van der Waals surface area contributed by atoms with E-state index in [1.807, 2.05) is 0 Å². The topological polar surface area (TPSA) is 86.6 Å². The van der Waals surface area contributed by atoms with Gasteiger partial charge in [0, 0.05) is 0 Å². The van der Waals surface area contributed by atoms with Crippen molar-refractivity contribution in [3.05, 3.63) is 0 Å². The number of rotatable bonds is 4. The fourth-order valence-corrected chi connectivity index (χ4v) is 0.730. The molecule has 0 saturated heterocycles. The summed E-state index contributed by atoms with van der Waals surface area (Å²) in [5.41, 5.74) is 0. The minimum atomic E-state index is -1.15. The van der Waals surface area contributed by atoms with Crippen LogP contribution < -0.4 is 5.32 Å². The van der Waals surface area contributed by atoms with E-state index in [4.69, 9.17) is 10.2 Å². The third kappa shape index (κ3) is 2.55. The molecule has 5 nitrogen and oxygen atoms in total. The summed E-state index contributed by atoms with van der Waals surface area (Å²) >= 11 is 0. The predicted molar refractivity (Wildman–Crippen MR) is 37.3 cm³/mol. The van der Waals surface area contributed by atoms with Crippen LogP contribution in [0.2, 0.25) is 0 Å². The zero-order valence-electron chi connectivity index (χ0n) is 6.37. The molecule has 0 rings (SSSR count). The summed E-state index contributed by atoms with van der Waals surface area (Å²) in [5, 5.41) is 19.3. The van der Waals surface area contributed by atoms with Gasteiger partial charge in [0.05, 0.1) is 5.92 Å². The van der Waals surface area contributed by atoms with Gasteiger partial charge in [0.1, 0.15) is 6.04 Å². The van der Waals surface area contributed by atoms with Crippen LogP contribution in [0, 0.1) is 5.92 Å². The smallest absolute Gasteiger partial charge is 0.321 e. The molecule has 0 saturated carbocycles. The maximum absolute atomic E-state index is 10.4. The minimum Gasteiger partial charge on any atom is -0.481 e. The third-order valence-corrected chi connectivity index (χ3v) is 1.47. The highest BCUT2D eigenvalue weighted by Crippen LogP contribution is 2.02. The molecule has 64 valence electrons. The van der Waals surface area contributed by atoms with E-state index >= 15 is 0 Å². The van der Waals surface area contributed by atoms with Crippen LogP contribution in [0.25, 0.3) is 0 Å². The van der Waals surface area contributed by atoms with E-state index in [0.29, 0.717) is 0 Å². The molecule has 0 radical (unpaired) electrons. The maximum atomic E-state index is 10.4. The first-order valence-electron chi connectivity index (χ1n) is 3.13. The van der Waals surface area contributed by atoms with Gasteiger partial charge in [0.25, 0.3) is 0 Å². The Morgan fingerprint density at radius 1 is 1.27 bits per heavy atom. The second kappa shape index (κ2) is 3.92. The zero-order chi connectivity index (χ0) is 9.02. The highest BCUT2D eigenvalue weighted by Gasteiger charge is 2.27. The van der Waals surface area contributed by atoms with E-state index in [1.54, 1.807) is 0 Å². The fourth-order valence-electron chi connectivity index (χ4n) is 0.730. The summed E-state index contributed by atoms with van der Waals surface area (Å²) in [6.07, 6.45) is 0. The van der Waals surface area contributed by atoms with Crippen molar-refractivity contribution in [1.29, 1.82) is 0 Å². The Kier molecular flexibility index (Phi) is 3.53. The predicted octanol–water partition coefficient (Wildman–Crippen LogP) is -0.620. The van der Waals surface area contributed by atoms with Crippen molar-refractivity contribution >= 4 is 11.9 Å². The lowest BCUT2D eigenvalue weighted by molar-refractivity contribution is -0.150. The summed E-state index contributed by atoms with van der Waals surface area (Å²) in [4.78, 5) is 20.7. The number of carboxylic acid groups (broad SMARTS) is 2. The van der Waals surface area contributed by atoms with Crippen LogP contribution in [0.1, 0.15) is 6.92 Å². The number of aliphatic carboxylic acids is 2. The van der Waals surface area contributed by atoms with Crippen LogP contribution in [-0.4, -0.2) is 35.2 Å². The molecular formula is C6H11NO4. The largest absolute Gasteiger partial charge is 0.481 e. The number of likely N-dealkylation sites (N-methyl/N-ethyl adjacent to an activating group) is 1. The standard InChI is InChI=1S/C6H11NO4/c1-3(5(8)9)4(7-2)6(10)11/h3-4,7H,1-2H3,(H,8,9)(H,10,11)/t3-,4-/m1/s1. The van der Waals surface area contributed by atoms with Crippen molar-refractivity contribution in [2.75, 3.05) is 7.05 Å². The summed E-state index contributed by atoms with van der Waals surface area (Å²) < 4.78 is 0. The van der Waals surface area contributed by atoms with Gasteiger partial charge >= 0.3 is 11.9 Å². The molecule has 0 spiro atoms. The van der Waals surface area contributed by atoms with Gasteiger partial charge < -0.3 is 15.5 Å². The quantitative estimate of drug-likeness (QED) is 0.511. The van der Waals surface area contributed by atoms with Gasteiger partial charge in [-0.25, -0.2) is 0 Å². The minimum absolute atomic E-state index is 0.919. The first-order chi connectivity index (χ1) is 5.00. The van der Waals surface area contributed by atoms with Crippen molar-refractivity contribution in [2.24, 2.45) is 5.92 Å². The lowest BCUT2D eigenvalue weighted by atomic mass is 10.0. The van der Waals surface area contributed by atoms with Crippen LogP contribution >= 0.6 is 0 Å². The molecule has 2 atom stereocenters. The highest BCUT2D eigenvalue weighted by molar-refractivity contribution is 5.82. The van der Waals surface area contributed by atoms with Crippen molar-refractivity contribution in [3.8, 4) is 0 Å². The van der Waals surface area contributed by atoms with Gasteiger partial charge in [0.15, 0.2) is 0 Å². The summed E-state index contributed by atoms with van der Waals surface area (Å²) in [6, 6.07) is -1.02. The normalized spacial score (nSPS) is 15.5.